The van der Waals surface area contributed by atoms with E-state index >= 15 is 0 Å². The minimum Gasteiger partial charge on any atom is -0.211 e. The second-order valence-corrected chi connectivity index (χ2v) is 4.85. The molecule has 18 heavy (non-hydrogen) atoms. The van der Waals surface area contributed by atoms with E-state index in [-0.39, 0.29) is 0 Å². The first-order chi connectivity index (χ1) is 8.61. The molecule has 96 valence electrons. The van der Waals surface area contributed by atoms with E-state index in [0.29, 0.717) is 12.1 Å². The molecule has 1 atom stereocenters. The molecule has 1 saturated carbocycles. The molecule has 0 aliphatic heterocycles. The molecular weight excluding hydrogens is 228 g/mol. The van der Waals surface area contributed by atoms with Crippen molar-refractivity contribution >= 4 is 12.2 Å². The van der Waals surface area contributed by atoms with Crippen LogP contribution in [0.5, 0.6) is 0 Å². The number of aliphatic imine (C=N–C) groups is 2. The highest BCUT2D eigenvalue weighted by Crippen LogP contribution is 2.29. The molecule has 0 radical (unpaired) electrons. The van der Waals surface area contributed by atoms with Gasteiger partial charge in [-0.15, -0.1) is 0 Å². The van der Waals surface area contributed by atoms with Crippen LogP contribution in [0.1, 0.15) is 46.0 Å². The fraction of sp³-hybridized carbons (Fsp3) is 0.571. The molecule has 4 nitrogen and oxygen atoms in total. The van der Waals surface area contributed by atoms with Gasteiger partial charge in [0, 0.05) is 0 Å². The summed E-state index contributed by atoms with van der Waals surface area (Å²) in [5.41, 5.74) is 0.962. The molecule has 1 unspecified atom stereocenters. The third-order valence-corrected chi connectivity index (χ3v) is 3.13. The second-order valence-electron chi connectivity index (χ2n) is 4.85. The van der Waals surface area contributed by atoms with E-state index in [1.54, 1.807) is 12.2 Å². The van der Waals surface area contributed by atoms with Crippen LogP contribution in [-0.4, -0.2) is 17.7 Å². The summed E-state index contributed by atoms with van der Waals surface area (Å²) in [5, 5.41) is 0. The van der Waals surface area contributed by atoms with E-state index in [1.165, 1.54) is 37.8 Å². The summed E-state index contributed by atoms with van der Waals surface area (Å²) in [6.45, 7) is 3.66. The minimum absolute atomic E-state index is 0.548. The van der Waals surface area contributed by atoms with Crippen molar-refractivity contribution < 1.29 is 9.59 Å². The summed E-state index contributed by atoms with van der Waals surface area (Å²) in [5.74, 6) is 0. The quantitative estimate of drug-likeness (QED) is 0.555. The largest absolute Gasteiger partial charge is 0.240 e. The lowest BCUT2D eigenvalue weighted by Crippen LogP contribution is -2.21. The number of isocyanates is 2. The van der Waals surface area contributed by atoms with E-state index < -0.39 is 5.54 Å². The maximum Gasteiger partial charge on any atom is 0.240 e. The van der Waals surface area contributed by atoms with Crippen LogP contribution in [0.3, 0.4) is 0 Å². The molecule has 0 bridgehead atoms. The van der Waals surface area contributed by atoms with Crippen molar-refractivity contribution in [2.45, 2.75) is 51.5 Å². The Morgan fingerprint density at radius 2 is 1.78 bits per heavy atom. The van der Waals surface area contributed by atoms with Crippen molar-refractivity contribution in [3.63, 3.8) is 0 Å². The summed E-state index contributed by atoms with van der Waals surface area (Å²) in [6.07, 6.45) is 13.0. The third kappa shape index (κ3) is 4.25. The van der Waals surface area contributed by atoms with E-state index in [2.05, 4.69) is 9.98 Å². The molecule has 0 N–H and O–H groups in total. The molecule has 2 aliphatic carbocycles. The molecule has 0 amide bonds. The smallest absolute Gasteiger partial charge is 0.211 e. The van der Waals surface area contributed by atoms with Crippen LogP contribution in [0.4, 0.5) is 0 Å². The lowest BCUT2D eigenvalue weighted by Gasteiger charge is -2.23. The normalized spacial score (nSPS) is 25.0. The molecule has 0 heterocycles. The SMILES string of the molecule is C1CCC1.CC1=C(N=C=O)C=CC(C)(N=C=O)C1. The Hall–Kier alpha value is -1.76. The molecule has 0 aromatic carbocycles. The topological polar surface area (TPSA) is 58.9 Å². The van der Waals surface area contributed by atoms with Gasteiger partial charge in [-0.2, -0.15) is 9.98 Å². The van der Waals surface area contributed by atoms with E-state index in [9.17, 15) is 9.59 Å². The van der Waals surface area contributed by atoms with Crippen LogP contribution >= 0.6 is 0 Å². The zero-order valence-electron chi connectivity index (χ0n) is 10.9. The van der Waals surface area contributed by atoms with Gasteiger partial charge < -0.3 is 0 Å². The highest BCUT2D eigenvalue weighted by atomic mass is 16.1. The average Bonchev–Trinajstić information content (AvgIpc) is 2.20. The molecule has 0 aromatic rings. The first kappa shape index (κ1) is 14.3. The molecule has 0 spiro atoms. The van der Waals surface area contributed by atoms with Crippen LogP contribution in [0.2, 0.25) is 0 Å². The molecule has 4 heteroatoms. The van der Waals surface area contributed by atoms with Gasteiger partial charge in [0.2, 0.25) is 12.2 Å². The number of nitrogens with zero attached hydrogens (tertiary/aromatic N) is 2. The zero-order valence-corrected chi connectivity index (χ0v) is 10.9. The summed E-state index contributed by atoms with van der Waals surface area (Å²) >= 11 is 0. The molecule has 1 fully saturated rings. The standard InChI is InChI=1S/C10H10N2O2.C4H8/c1-8-5-10(2,12-7-14)4-3-9(8)11-6-13;1-2-4-3-1/h3-4H,5H2,1-2H3;1-4H2. The predicted octanol–water partition coefficient (Wildman–Crippen LogP) is 3.21. The molecule has 2 aliphatic rings. The van der Waals surface area contributed by atoms with Gasteiger partial charge in [-0.25, -0.2) is 9.59 Å². The van der Waals surface area contributed by atoms with Crippen molar-refractivity contribution in [2.75, 3.05) is 0 Å². The van der Waals surface area contributed by atoms with Gasteiger partial charge in [0.15, 0.2) is 0 Å². The predicted molar refractivity (Wildman–Crippen MR) is 69.6 cm³/mol. The maximum atomic E-state index is 10.2. The van der Waals surface area contributed by atoms with Crippen molar-refractivity contribution in [3.05, 3.63) is 23.4 Å². The van der Waals surface area contributed by atoms with Gasteiger partial charge in [-0.05, 0) is 31.9 Å². The van der Waals surface area contributed by atoms with Crippen molar-refractivity contribution in [1.29, 1.82) is 0 Å². The number of hydrogen-bond acceptors (Lipinski definition) is 4. The highest BCUT2D eigenvalue weighted by Gasteiger charge is 2.24. The Bertz CT molecular complexity index is 444. The Labute approximate surface area is 107 Å². The maximum absolute atomic E-state index is 10.2. The average molecular weight is 246 g/mol. The van der Waals surface area contributed by atoms with Gasteiger partial charge in [0.05, 0.1) is 11.2 Å². The summed E-state index contributed by atoms with van der Waals surface area (Å²) in [7, 11) is 0. The summed E-state index contributed by atoms with van der Waals surface area (Å²) in [4.78, 5) is 27.5. The van der Waals surface area contributed by atoms with Crippen molar-refractivity contribution in [2.24, 2.45) is 9.98 Å². The van der Waals surface area contributed by atoms with Gasteiger partial charge in [-0.3, -0.25) is 0 Å². The lowest BCUT2D eigenvalue weighted by atomic mass is 9.88. The summed E-state index contributed by atoms with van der Waals surface area (Å²) < 4.78 is 0. The van der Waals surface area contributed by atoms with Gasteiger partial charge in [0.25, 0.3) is 0 Å². The lowest BCUT2D eigenvalue weighted by molar-refractivity contribution is 0.504. The van der Waals surface area contributed by atoms with Crippen LogP contribution in [0.15, 0.2) is 33.4 Å². The zero-order chi connectivity index (χ0) is 13.4. The van der Waals surface area contributed by atoms with E-state index in [0.717, 1.165) is 5.57 Å². The van der Waals surface area contributed by atoms with Gasteiger partial charge in [0.1, 0.15) is 0 Å². The number of rotatable bonds is 2. The van der Waals surface area contributed by atoms with E-state index in [4.69, 9.17) is 0 Å². The first-order valence-electron chi connectivity index (χ1n) is 6.17. The number of carbonyl (C=O) groups excluding carboxylic acids is 2. The van der Waals surface area contributed by atoms with E-state index in [1.807, 2.05) is 13.8 Å². The van der Waals surface area contributed by atoms with Crippen LogP contribution < -0.4 is 0 Å². The molecular formula is C14H18N2O2. The Morgan fingerprint density at radius 1 is 1.17 bits per heavy atom. The molecule has 2 rings (SSSR count). The molecule has 0 aromatic heterocycles. The second kappa shape index (κ2) is 6.85. The third-order valence-electron chi connectivity index (χ3n) is 3.13. The van der Waals surface area contributed by atoms with Crippen molar-refractivity contribution in [1.82, 2.24) is 0 Å². The Morgan fingerprint density at radius 3 is 2.17 bits per heavy atom. The van der Waals surface area contributed by atoms with Crippen LogP contribution in [-0.2, 0) is 9.59 Å². The number of allylic oxidation sites excluding steroid dienone is 1. The van der Waals surface area contributed by atoms with Crippen LogP contribution in [0.25, 0.3) is 0 Å². The summed E-state index contributed by atoms with van der Waals surface area (Å²) in [6, 6.07) is 0. The highest BCUT2D eigenvalue weighted by molar-refractivity contribution is 5.45. The van der Waals surface area contributed by atoms with Crippen molar-refractivity contribution in [3.8, 4) is 0 Å². The fourth-order valence-corrected chi connectivity index (χ4v) is 1.70. The Balaban J connectivity index is 0.000000341. The number of hydrogen-bond donors (Lipinski definition) is 0. The van der Waals surface area contributed by atoms with Gasteiger partial charge in [-0.1, -0.05) is 31.8 Å². The van der Waals surface area contributed by atoms with Crippen LogP contribution in [0, 0.1) is 0 Å². The Kier molecular flexibility index (Phi) is 5.44. The monoisotopic (exact) mass is 246 g/mol. The first-order valence-corrected chi connectivity index (χ1v) is 6.17. The minimum atomic E-state index is -0.548. The van der Waals surface area contributed by atoms with Gasteiger partial charge >= 0.3 is 0 Å². The fourth-order valence-electron chi connectivity index (χ4n) is 1.70. The molecule has 0 saturated heterocycles.